The van der Waals surface area contributed by atoms with Crippen LogP contribution >= 0.6 is 0 Å². The molecule has 1 aromatic heterocycles. The highest BCUT2D eigenvalue weighted by atomic mass is 19.1. The van der Waals surface area contributed by atoms with Crippen LogP contribution in [-0.2, 0) is 6.42 Å². The van der Waals surface area contributed by atoms with Crippen LogP contribution in [0.3, 0.4) is 0 Å². The highest BCUT2D eigenvalue weighted by Crippen LogP contribution is 2.21. The van der Waals surface area contributed by atoms with Crippen molar-refractivity contribution in [3.8, 4) is 17.0 Å². The number of alkyl halides is 1. The number of benzene rings is 1. The van der Waals surface area contributed by atoms with Gasteiger partial charge in [0.1, 0.15) is 18.5 Å². The third kappa shape index (κ3) is 5.95. The minimum atomic E-state index is -0.903. The Labute approximate surface area is 145 Å². The van der Waals surface area contributed by atoms with Gasteiger partial charge in [0.25, 0.3) is 0 Å². The van der Waals surface area contributed by atoms with Crippen molar-refractivity contribution < 1.29 is 9.13 Å². The maximum absolute atomic E-state index is 13.6. The van der Waals surface area contributed by atoms with Crippen LogP contribution in [0.4, 0.5) is 4.39 Å². The van der Waals surface area contributed by atoms with E-state index in [-0.39, 0.29) is 6.61 Å². The number of nitrogens with zero attached hydrogens (tertiary/aromatic N) is 1. The number of ether oxygens (including phenoxy) is 1. The second kappa shape index (κ2) is 10.1. The molecule has 1 heterocycles. The molecule has 2 nitrogen and oxygen atoms in total. The molecule has 2 aromatic rings. The molecule has 0 aliphatic carbocycles. The van der Waals surface area contributed by atoms with Crippen molar-refractivity contribution in [1.29, 1.82) is 0 Å². The summed E-state index contributed by atoms with van der Waals surface area (Å²) in [6, 6.07) is 12.3. The predicted octanol–water partition coefficient (Wildman–Crippen LogP) is 6.00. The van der Waals surface area contributed by atoms with Gasteiger partial charge in [-0.15, -0.1) is 0 Å². The number of unbranched alkanes of at least 4 members (excludes halogenated alkanes) is 2. The van der Waals surface area contributed by atoms with E-state index in [0.29, 0.717) is 12.2 Å². The largest absolute Gasteiger partial charge is 0.489 e. The Morgan fingerprint density at radius 3 is 2.38 bits per heavy atom. The lowest BCUT2D eigenvalue weighted by atomic mass is 10.0. The van der Waals surface area contributed by atoms with Crippen molar-refractivity contribution in [3.05, 3.63) is 48.2 Å². The quantitative estimate of drug-likeness (QED) is 0.533. The van der Waals surface area contributed by atoms with Gasteiger partial charge in [0.2, 0.25) is 0 Å². The average molecular weight is 329 g/mol. The molecule has 0 saturated heterocycles. The van der Waals surface area contributed by atoms with Gasteiger partial charge in [-0.05, 0) is 37.0 Å². The normalized spacial score (nSPS) is 12.1. The fourth-order valence-corrected chi connectivity index (χ4v) is 2.56. The number of hydrogen-bond donors (Lipinski definition) is 0. The predicted molar refractivity (Wildman–Crippen MR) is 98.2 cm³/mol. The maximum Gasteiger partial charge on any atom is 0.137 e. The molecule has 2 rings (SSSR count). The number of pyridine rings is 1. The van der Waals surface area contributed by atoms with Gasteiger partial charge in [0.15, 0.2) is 0 Å². The lowest BCUT2D eigenvalue weighted by Crippen LogP contribution is -2.12. The van der Waals surface area contributed by atoms with E-state index in [0.717, 1.165) is 30.5 Å². The van der Waals surface area contributed by atoms with E-state index in [9.17, 15) is 4.39 Å². The van der Waals surface area contributed by atoms with Crippen LogP contribution in [0.25, 0.3) is 11.3 Å². The standard InChI is InChI=1S/C21H28FNO/c1-3-5-7-17-9-11-18(12-10-17)21-14-13-20(15-23-21)24-16-19(22)8-6-4-2/h9-15,19H,3-8,16H2,1-2H3. The molecule has 0 fully saturated rings. The molecule has 1 aromatic carbocycles. The van der Waals surface area contributed by atoms with Gasteiger partial charge in [-0.25, -0.2) is 4.39 Å². The van der Waals surface area contributed by atoms with E-state index in [1.54, 1.807) is 6.20 Å². The number of rotatable bonds is 10. The summed E-state index contributed by atoms with van der Waals surface area (Å²) in [7, 11) is 0. The monoisotopic (exact) mass is 329 g/mol. The number of hydrogen-bond acceptors (Lipinski definition) is 2. The van der Waals surface area contributed by atoms with Crippen molar-refractivity contribution in [1.82, 2.24) is 4.98 Å². The molecule has 0 N–H and O–H groups in total. The molecular formula is C21H28FNO. The van der Waals surface area contributed by atoms with Gasteiger partial charge in [-0.1, -0.05) is 57.4 Å². The first kappa shape index (κ1) is 18.4. The molecule has 0 saturated carbocycles. The first-order valence-electron chi connectivity index (χ1n) is 9.05. The van der Waals surface area contributed by atoms with Crippen LogP contribution in [0.5, 0.6) is 5.75 Å². The molecular weight excluding hydrogens is 301 g/mol. The molecule has 1 unspecified atom stereocenters. The molecule has 1 atom stereocenters. The Morgan fingerprint density at radius 1 is 1.00 bits per heavy atom. The van der Waals surface area contributed by atoms with Gasteiger partial charge >= 0.3 is 0 Å². The summed E-state index contributed by atoms with van der Waals surface area (Å²) in [6.07, 6.45) is 6.79. The molecule has 130 valence electrons. The topological polar surface area (TPSA) is 22.1 Å². The Kier molecular flexibility index (Phi) is 7.73. The van der Waals surface area contributed by atoms with Gasteiger partial charge < -0.3 is 4.74 Å². The minimum absolute atomic E-state index is 0.104. The van der Waals surface area contributed by atoms with Crippen LogP contribution in [0.1, 0.15) is 51.5 Å². The smallest absolute Gasteiger partial charge is 0.137 e. The zero-order valence-corrected chi connectivity index (χ0v) is 14.8. The van der Waals surface area contributed by atoms with E-state index >= 15 is 0 Å². The maximum atomic E-state index is 13.6. The Morgan fingerprint density at radius 2 is 1.75 bits per heavy atom. The molecule has 0 radical (unpaired) electrons. The summed E-state index contributed by atoms with van der Waals surface area (Å²) in [5, 5.41) is 0. The second-order valence-corrected chi connectivity index (χ2v) is 6.23. The first-order valence-corrected chi connectivity index (χ1v) is 9.05. The van der Waals surface area contributed by atoms with Crippen molar-refractivity contribution in [2.24, 2.45) is 0 Å². The van der Waals surface area contributed by atoms with Crippen LogP contribution in [-0.4, -0.2) is 17.8 Å². The highest BCUT2D eigenvalue weighted by Gasteiger charge is 2.07. The third-order valence-electron chi connectivity index (χ3n) is 4.11. The third-order valence-corrected chi connectivity index (χ3v) is 4.11. The van der Waals surface area contributed by atoms with Gasteiger partial charge in [0.05, 0.1) is 11.9 Å². The Hall–Kier alpha value is -1.90. The SMILES string of the molecule is CCCCc1ccc(-c2ccc(OCC(F)CCCC)cn2)cc1. The first-order chi connectivity index (χ1) is 11.7. The number of halogens is 1. The fourth-order valence-electron chi connectivity index (χ4n) is 2.56. The van der Waals surface area contributed by atoms with E-state index in [1.165, 1.54) is 18.4 Å². The Balaban J connectivity index is 1.89. The molecule has 0 bridgehead atoms. The lowest BCUT2D eigenvalue weighted by molar-refractivity contribution is 0.184. The Bertz CT molecular complexity index is 580. The second-order valence-electron chi connectivity index (χ2n) is 6.23. The zero-order valence-electron chi connectivity index (χ0n) is 14.8. The van der Waals surface area contributed by atoms with Crippen LogP contribution in [0.2, 0.25) is 0 Å². The van der Waals surface area contributed by atoms with E-state index < -0.39 is 6.17 Å². The summed E-state index contributed by atoms with van der Waals surface area (Å²) in [5.74, 6) is 0.623. The zero-order chi connectivity index (χ0) is 17.2. The van der Waals surface area contributed by atoms with Crippen molar-refractivity contribution in [2.45, 2.75) is 58.5 Å². The highest BCUT2D eigenvalue weighted by molar-refractivity contribution is 5.59. The molecule has 0 amide bonds. The van der Waals surface area contributed by atoms with Gasteiger partial charge in [-0.2, -0.15) is 0 Å². The molecule has 0 aliphatic rings. The summed E-state index contributed by atoms with van der Waals surface area (Å²) in [5.41, 5.74) is 3.36. The summed E-state index contributed by atoms with van der Waals surface area (Å²) < 4.78 is 19.1. The molecule has 0 aliphatic heterocycles. The van der Waals surface area contributed by atoms with E-state index in [1.807, 2.05) is 12.1 Å². The van der Waals surface area contributed by atoms with Crippen molar-refractivity contribution in [2.75, 3.05) is 6.61 Å². The average Bonchev–Trinajstić information content (AvgIpc) is 2.64. The molecule has 0 spiro atoms. The van der Waals surface area contributed by atoms with Crippen molar-refractivity contribution >= 4 is 0 Å². The number of aryl methyl sites for hydroxylation is 1. The van der Waals surface area contributed by atoms with Crippen LogP contribution < -0.4 is 4.74 Å². The number of aromatic nitrogens is 1. The summed E-state index contributed by atoms with van der Waals surface area (Å²) >= 11 is 0. The van der Waals surface area contributed by atoms with Crippen LogP contribution in [0.15, 0.2) is 42.6 Å². The molecule has 24 heavy (non-hydrogen) atoms. The van der Waals surface area contributed by atoms with E-state index in [4.69, 9.17) is 4.74 Å². The summed E-state index contributed by atoms with van der Waals surface area (Å²) in [4.78, 5) is 4.43. The van der Waals surface area contributed by atoms with E-state index in [2.05, 4.69) is 43.1 Å². The van der Waals surface area contributed by atoms with Crippen molar-refractivity contribution in [3.63, 3.8) is 0 Å². The minimum Gasteiger partial charge on any atom is -0.489 e. The van der Waals surface area contributed by atoms with Gasteiger partial charge in [-0.3, -0.25) is 4.98 Å². The molecule has 3 heteroatoms. The fraction of sp³-hybridized carbons (Fsp3) is 0.476. The summed E-state index contributed by atoms with van der Waals surface area (Å²) in [6.45, 7) is 4.37. The lowest BCUT2D eigenvalue weighted by Gasteiger charge is -2.10. The van der Waals surface area contributed by atoms with Crippen LogP contribution in [0, 0.1) is 0 Å². The van der Waals surface area contributed by atoms with Gasteiger partial charge in [0, 0.05) is 5.56 Å².